The molecule has 1 aliphatic heterocycles. The smallest absolute Gasteiger partial charge is 0.258 e. The van der Waals surface area contributed by atoms with Crippen LogP contribution < -0.4 is 4.74 Å². The first-order valence-corrected chi connectivity index (χ1v) is 11.1. The molecule has 168 valence electrons. The molecule has 33 heavy (non-hydrogen) atoms. The molecule has 5 rings (SSSR count). The molecular weight excluding hydrogens is 416 g/mol. The van der Waals surface area contributed by atoms with E-state index in [0.717, 1.165) is 40.7 Å². The summed E-state index contributed by atoms with van der Waals surface area (Å²) in [5.41, 5.74) is 1.94. The zero-order valence-corrected chi connectivity index (χ0v) is 18.6. The quantitative estimate of drug-likeness (QED) is 0.453. The fourth-order valence-corrected chi connectivity index (χ4v) is 4.22. The van der Waals surface area contributed by atoms with Crippen molar-refractivity contribution >= 4 is 16.7 Å². The molecule has 1 amide bonds. The van der Waals surface area contributed by atoms with Gasteiger partial charge in [-0.1, -0.05) is 53.7 Å². The standard InChI is InChI=1S/C26H26N4O3/c1-32-21-11-9-19(10-12-21)17-25(31)30-15-13-29(14-16-30)18-24-27-26(33-28-24)23-8-4-6-20-5-2-3-7-22(20)23/h2-12H,13-18H2,1H3. The summed E-state index contributed by atoms with van der Waals surface area (Å²) in [7, 11) is 1.64. The van der Waals surface area contributed by atoms with Crippen molar-refractivity contribution in [2.45, 2.75) is 13.0 Å². The van der Waals surface area contributed by atoms with E-state index >= 15 is 0 Å². The zero-order chi connectivity index (χ0) is 22.6. The Morgan fingerprint density at radius 3 is 2.52 bits per heavy atom. The first kappa shape index (κ1) is 21.2. The van der Waals surface area contributed by atoms with Crippen molar-refractivity contribution in [3.63, 3.8) is 0 Å². The van der Waals surface area contributed by atoms with Crippen molar-refractivity contribution in [1.29, 1.82) is 0 Å². The molecule has 0 radical (unpaired) electrons. The van der Waals surface area contributed by atoms with E-state index in [1.165, 1.54) is 0 Å². The summed E-state index contributed by atoms with van der Waals surface area (Å²) in [6, 6.07) is 21.9. The highest BCUT2D eigenvalue weighted by atomic mass is 16.5. The summed E-state index contributed by atoms with van der Waals surface area (Å²) in [5.74, 6) is 2.15. The molecule has 1 aliphatic rings. The second-order valence-corrected chi connectivity index (χ2v) is 8.22. The van der Waals surface area contributed by atoms with E-state index in [-0.39, 0.29) is 5.91 Å². The van der Waals surface area contributed by atoms with E-state index < -0.39 is 0 Å². The number of hydrogen-bond acceptors (Lipinski definition) is 6. The lowest BCUT2D eigenvalue weighted by Crippen LogP contribution is -2.48. The second kappa shape index (κ2) is 9.42. The maximum Gasteiger partial charge on any atom is 0.258 e. The van der Waals surface area contributed by atoms with Crippen LogP contribution in [-0.4, -0.2) is 59.1 Å². The van der Waals surface area contributed by atoms with Gasteiger partial charge < -0.3 is 14.2 Å². The number of carbonyl (C=O) groups excluding carboxylic acids is 1. The van der Waals surface area contributed by atoms with E-state index in [1.54, 1.807) is 7.11 Å². The van der Waals surface area contributed by atoms with Crippen LogP contribution in [0.1, 0.15) is 11.4 Å². The molecule has 1 aromatic heterocycles. The minimum atomic E-state index is 0.151. The number of hydrogen-bond donors (Lipinski definition) is 0. The van der Waals surface area contributed by atoms with Crippen molar-refractivity contribution in [3.8, 4) is 17.2 Å². The molecule has 0 aliphatic carbocycles. The van der Waals surface area contributed by atoms with Crippen molar-refractivity contribution in [2.75, 3.05) is 33.3 Å². The van der Waals surface area contributed by atoms with E-state index in [2.05, 4.69) is 33.2 Å². The summed E-state index contributed by atoms with van der Waals surface area (Å²) in [6.45, 7) is 3.57. The first-order chi connectivity index (χ1) is 16.2. The third-order valence-electron chi connectivity index (χ3n) is 6.09. The van der Waals surface area contributed by atoms with Crippen LogP contribution in [0.2, 0.25) is 0 Å². The van der Waals surface area contributed by atoms with Crippen molar-refractivity contribution in [2.24, 2.45) is 0 Å². The molecular formula is C26H26N4O3. The first-order valence-electron chi connectivity index (χ1n) is 11.1. The third-order valence-corrected chi connectivity index (χ3v) is 6.09. The Hall–Kier alpha value is -3.71. The van der Waals surface area contributed by atoms with Crippen molar-refractivity contribution < 1.29 is 14.1 Å². The van der Waals surface area contributed by atoms with Crippen LogP contribution in [0, 0.1) is 0 Å². The topological polar surface area (TPSA) is 71.7 Å². The summed E-state index contributed by atoms with van der Waals surface area (Å²) in [5, 5.41) is 6.44. The summed E-state index contributed by atoms with van der Waals surface area (Å²) in [6.07, 6.45) is 0.406. The van der Waals surface area contributed by atoms with Gasteiger partial charge in [0.25, 0.3) is 5.89 Å². The lowest BCUT2D eigenvalue weighted by Gasteiger charge is -2.34. The van der Waals surface area contributed by atoms with Gasteiger partial charge >= 0.3 is 0 Å². The van der Waals surface area contributed by atoms with Gasteiger partial charge in [0, 0.05) is 31.7 Å². The molecule has 1 fully saturated rings. The molecule has 2 heterocycles. The van der Waals surface area contributed by atoms with E-state index in [9.17, 15) is 4.79 Å². The Bertz CT molecular complexity index is 1240. The van der Waals surface area contributed by atoms with Gasteiger partial charge in [-0.25, -0.2) is 0 Å². The number of benzene rings is 3. The largest absolute Gasteiger partial charge is 0.497 e. The average Bonchev–Trinajstić information content (AvgIpc) is 3.33. The highest BCUT2D eigenvalue weighted by Crippen LogP contribution is 2.27. The Kier molecular flexibility index (Phi) is 6.04. The minimum absolute atomic E-state index is 0.151. The van der Waals surface area contributed by atoms with Crippen LogP contribution in [0.4, 0.5) is 0 Å². The Morgan fingerprint density at radius 1 is 0.970 bits per heavy atom. The number of piperazine rings is 1. The lowest BCUT2D eigenvalue weighted by molar-refractivity contribution is -0.132. The third kappa shape index (κ3) is 4.73. The number of rotatable bonds is 6. The van der Waals surface area contributed by atoms with Crippen LogP contribution in [0.25, 0.3) is 22.2 Å². The van der Waals surface area contributed by atoms with Crippen LogP contribution in [0.3, 0.4) is 0 Å². The molecule has 4 aromatic rings. The molecule has 0 N–H and O–H groups in total. The fourth-order valence-electron chi connectivity index (χ4n) is 4.22. The molecule has 3 aromatic carbocycles. The molecule has 0 unspecified atom stereocenters. The van der Waals surface area contributed by atoms with E-state index in [1.807, 2.05) is 53.4 Å². The lowest BCUT2D eigenvalue weighted by atomic mass is 10.0. The van der Waals surface area contributed by atoms with Gasteiger partial charge in [-0.3, -0.25) is 9.69 Å². The maximum atomic E-state index is 12.7. The SMILES string of the molecule is COc1ccc(CC(=O)N2CCN(Cc3noc(-c4cccc5ccccc45)n3)CC2)cc1. The summed E-state index contributed by atoms with van der Waals surface area (Å²) in [4.78, 5) is 21.5. The summed E-state index contributed by atoms with van der Waals surface area (Å²) >= 11 is 0. The summed E-state index contributed by atoms with van der Waals surface area (Å²) < 4.78 is 10.8. The number of methoxy groups -OCH3 is 1. The minimum Gasteiger partial charge on any atom is -0.497 e. The number of fused-ring (bicyclic) bond motifs is 1. The number of amides is 1. The molecule has 0 atom stereocenters. The fraction of sp³-hybridized carbons (Fsp3) is 0.269. The van der Waals surface area contributed by atoms with Gasteiger partial charge in [0.1, 0.15) is 5.75 Å². The van der Waals surface area contributed by atoms with Crippen LogP contribution in [0.15, 0.2) is 71.3 Å². The van der Waals surface area contributed by atoms with Gasteiger partial charge in [0.05, 0.1) is 20.1 Å². The molecule has 0 saturated carbocycles. The predicted octanol–water partition coefficient (Wildman–Crippen LogP) is 3.79. The number of carbonyl (C=O) groups is 1. The van der Waals surface area contributed by atoms with Crippen LogP contribution in [0.5, 0.6) is 5.75 Å². The maximum absolute atomic E-state index is 12.7. The van der Waals surface area contributed by atoms with E-state index in [4.69, 9.17) is 9.26 Å². The van der Waals surface area contributed by atoms with Crippen molar-refractivity contribution in [3.05, 3.63) is 78.1 Å². The molecule has 7 heteroatoms. The average molecular weight is 443 g/mol. The normalized spacial score (nSPS) is 14.5. The second-order valence-electron chi connectivity index (χ2n) is 8.22. The number of nitrogens with zero attached hydrogens (tertiary/aromatic N) is 4. The number of ether oxygens (including phenoxy) is 1. The zero-order valence-electron chi connectivity index (χ0n) is 18.6. The van der Waals surface area contributed by atoms with Gasteiger partial charge in [-0.05, 0) is 34.5 Å². The number of aromatic nitrogens is 2. The van der Waals surface area contributed by atoms with Crippen molar-refractivity contribution in [1.82, 2.24) is 19.9 Å². The van der Waals surface area contributed by atoms with Gasteiger partial charge in [-0.15, -0.1) is 0 Å². The Morgan fingerprint density at radius 2 is 1.73 bits per heavy atom. The highest BCUT2D eigenvalue weighted by Gasteiger charge is 2.23. The van der Waals surface area contributed by atoms with E-state index in [0.29, 0.717) is 37.8 Å². The van der Waals surface area contributed by atoms with Gasteiger partial charge in [0.2, 0.25) is 5.91 Å². The Labute approximate surface area is 192 Å². The van der Waals surface area contributed by atoms with Crippen LogP contribution in [-0.2, 0) is 17.8 Å². The van der Waals surface area contributed by atoms with Crippen LogP contribution >= 0.6 is 0 Å². The van der Waals surface area contributed by atoms with Gasteiger partial charge in [-0.2, -0.15) is 4.98 Å². The monoisotopic (exact) mass is 442 g/mol. The highest BCUT2D eigenvalue weighted by molar-refractivity contribution is 5.94. The molecule has 0 bridgehead atoms. The van der Waals surface area contributed by atoms with Gasteiger partial charge in [0.15, 0.2) is 5.82 Å². The molecule has 0 spiro atoms. The molecule has 7 nitrogen and oxygen atoms in total. The predicted molar refractivity (Wildman–Crippen MR) is 126 cm³/mol. The molecule has 1 saturated heterocycles. The Balaban J connectivity index is 1.17.